The molecule has 5 heterocycles. The van der Waals surface area contributed by atoms with Crippen LogP contribution in [0.25, 0.3) is 10.1 Å². The van der Waals surface area contributed by atoms with Crippen LogP contribution in [0.2, 0.25) is 0 Å². The Morgan fingerprint density at radius 1 is 0.323 bits per heavy atom. The lowest BCUT2D eigenvalue weighted by atomic mass is 9.31. The molecule has 0 fully saturated rings. The van der Waals surface area contributed by atoms with Gasteiger partial charge in [-0.15, -0.1) is 11.3 Å². The molecule has 2 aliphatic carbocycles. The van der Waals surface area contributed by atoms with Crippen molar-refractivity contribution in [1.29, 1.82) is 0 Å². The quantitative estimate of drug-likeness (QED) is 0.134. The van der Waals surface area contributed by atoms with Crippen LogP contribution in [0.15, 0.2) is 273 Å². The van der Waals surface area contributed by atoms with E-state index in [2.05, 4.69) is 353 Å². The summed E-state index contributed by atoms with van der Waals surface area (Å²) in [5.41, 5.74) is 28.7. The second kappa shape index (κ2) is 22.0. The van der Waals surface area contributed by atoms with Crippen molar-refractivity contribution in [2.75, 3.05) is 24.5 Å². The van der Waals surface area contributed by atoms with Crippen LogP contribution in [-0.4, -0.2) is 13.4 Å². The number of fused-ring (bicyclic) bond motifs is 12. The lowest BCUT2D eigenvalue weighted by molar-refractivity contribution is 0.332. The van der Waals surface area contributed by atoms with Crippen molar-refractivity contribution in [2.24, 2.45) is 0 Å². The number of para-hydroxylation sites is 6. The van der Waals surface area contributed by atoms with Gasteiger partial charge >= 0.3 is 0 Å². The third kappa shape index (κ3) is 9.22. The molecule has 0 saturated carbocycles. The second-order valence-corrected chi connectivity index (χ2v) is 32.0. The van der Waals surface area contributed by atoms with Gasteiger partial charge < -0.3 is 29.2 Å². The lowest BCUT2D eigenvalue weighted by Crippen LogP contribution is -2.64. The van der Waals surface area contributed by atoms with E-state index in [-0.39, 0.29) is 35.1 Å². The van der Waals surface area contributed by atoms with Gasteiger partial charge in [0.05, 0.1) is 17.1 Å². The van der Waals surface area contributed by atoms with Gasteiger partial charge in [0.2, 0.25) is 0 Å². The van der Waals surface area contributed by atoms with Crippen molar-refractivity contribution in [2.45, 2.75) is 103 Å². The number of ether oxygens (including phenoxy) is 1. The minimum absolute atomic E-state index is 0.00548. The largest absolute Gasteiger partial charge is 0.458 e. The molecule has 6 aliphatic rings. The Morgan fingerprint density at radius 2 is 0.768 bits per heavy atom. The van der Waals surface area contributed by atoms with E-state index in [1.54, 1.807) is 0 Å². The maximum atomic E-state index is 7.93. The molecule has 99 heavy (non-hydrogen) atoms. The van der Waals surface area contributed by atoms with E-state index in [1.807, 2.05) is 11.3 Å². The summed E-state index contributed by atoms with van der Waals surface area (Å²) in [6, 6.07) is 103. The van der Waals surface area contributed by atoms with Crippen LogP contribution < -0.4 is 61.3 Å². The maximum absolute atomic E-state index is 7.93. The number of thiophene rings is 1. The SMILES string of the molecule is CC1(C)CCC(C)(C)c2cc(N3c4ccccc4B4c5cc6c(cc5Oc5cc(N(c7ccccc7)c7ccccc7)cc3c54)N(c3ccccc3)c3cc(N(c4ccccc4)c4ccccc4)cc4c3B6c3sc5ccccc5c3N4c3ccc4c(c3)C(C)(C)CCC4(C)C)ccc21. The van der Waals surface area contributed by atoms with Gasteiger partial charge in [-0.2, -0.15) is 0 Å². The first-order valence-corrected chi connectivity index (χ1v) is 36.3. The van der Waals surface area contributed by atoms with E-state index in [9.17, 15) is 0 Å². The highest BCUT2D eigenvalue weighted by Gasteiger charge is 2.50. The van der Waals surface area contributed by atoms with Crippen LogP contribution in [0.1, 0.15) is 103 Å². The molecule has 0 N–H and O–H groups in total. The van der Waals surface area contributed by atoms with Crippen LogP contribution in [0.5, 0.6) is 11.5 Å². The van der Waals surface area contributed by atoms with E-state index in [1.165, 1.54) is 81.7 Å². The van der Waals surface area contributed by atoms with Crippen molar-refractivity contribution >= 4 is 152 Å². The van der Waals surface area contributed by atoms with Crippen molar-refractivity contribution in [3.63, 3.8) is 0 Å². The van der Waals surface area contributed by atoms with Crippen LogP contribution >= 0.6 is 11.3 Å². The summed E-state index contributed by atoms with van der Waals surface area (Å²) in [6.07, 6.45) is 4.55. The molecule has 0 spiro atoms. The van der Waals surface area contributed by atoms with Gasteiger partial charge in [0.1, 0.15) is 11.5 Å². The lowest BCUT2D eigenvalue weighted by Gasteiger charge is -2.46. The molecular formula is C90H77B2N5OS. The zero-order chi connectivity index (χ0) is 66.8. The molecule has 0 amide bonds. The Kier molecular flexibility index (Phi) is 13.3. The first-order valence-electron chi connectivity index (χ1n) is 35.5. The first kappa shape index (κ1) is 59.8. The molecule has 0 atom stereocenters. The van der Waals surface area contributed by atoms with Gasteiger partial charge in [0, 0.05) is 95.2 Å². The highest BCUT2D eigenvalue weighted by atomic mass is 32.1. The predicted octanol–water partition coefficient (Wildman–Crippen LogP) is 21.0. The van der Waals surface area contributed by atoms with Crippen LogP contribution in [0.4, 0.5) is 85.3 Å². The number of nitrogens with zero attached hydrogens (tertiary/aromatic N) is 5. The van der Waals surface area contributed by atoms with Crippen molar-refractivity contribution in [3.05, 3.63) is 295 Å². The molecule has 0 radical (unpaired) electrons. The molecule has 0 saturated heterocycles. The average molecular weight is 1300 g/mol. The van der Waals surface area contributed by atoms with Crippen molar-refractivity contribution in [3.8, 4) is 11.5 Å². The van der Waals surface area contributed by atoms with E-state index < -0.39 is 0 Å². The third-order valence-corrected chi connectivity index (χ3v) is 24.3. The summed E-state index contributed by atoms with van der Waals surface area (Å²) < 4.78 is 10.5. The number of hydrogen-bond acceptors (Lipinski definition) is 7. The molecule has 12 aromatic carbocycles. The average Bonchev–Trinajstić information content (AvgIpc) is 1.67. The maximum Gasteiger partial charge on any atom is 0.264 e. The summed E-state index contributed by atoms with van der Waals surface area (Å²) in [6.45, 7) is 19.2. The Bertz CT molecular complexity index is 5340. The summed E-state index contributed by atoms with van der Waals surface area (Å²) in [7, 11) is 0. The van der Waals surface area contributed by atoms with Crippen molar-refractivity contribution < 1.29 is 4.74 Å². The fourth-order valence-electron chi connectivity index (χ4n) is 17.9. The summed E-state index contributed by atoms with van der Waals surface area (Å²) in [5, 5.41) is 1.26. The second-order valence-electron chi connectivity index (χ2n) is 30.9. The summed E-state index contributed by atoms with van der Waals surface area (Å²) in [4.78, 5) is 12.7. The Labute approximate surface area is 587 Å². The van der Waals surface area contributed by atoms with Gasteiger partial charge in [-0.1, -0.05) is 201 Å². The smallest absolute Gasteiger partial charge is 0.264 e. The zero-order valence-electron chi connectivity index (χ0n) is 57.5. The molecule has 0 bridgehead atoms. The normalized spacial score (nSPS) is 16.4. The molecule has 480 valence electrons. The number of benzene rings is 12. The Morgan fingerprint density at radius 3 is 1.32 bits per heavy atom. The Balaban J connectivity index is 0.901. The standard InChI is InChI=1S/C90H77B2N5OS/c1-87(2)46-48-89(5,6)70-50-63(42-44-68(70)87)96-75-40-26-25-39-72(75)91-74-56-73-76(57-80(74)98-81-55-66(54-79(96)84(81)91)94(60-32-18-11-19-33-60)61-34-20-12-21-35-61)95(62-36-22-13-23-37-62)77-52-65(93(58-28-14-9-15-29-58)59-30-16-10-17-31-59)53-78-83(77)92(73)86-85(67-38-24-27-41-82(67)99-86)97(78)64-43-45-69-71(51-64)90(7,8)49-47-88(69,3)4/h9-45,50-57H,46-49H2,1-8H3. The van der Waals surface area contributed by atoms with Gasteiger partial charge in [0.25, 0.3) is 13.4 Å². The molecule has 19 rings (SSSR count). The molecular weight excluding hydrogens is 1220 g/mol. The minimum Gasteiger partial charge on any atom is -0.458 e. The van der Waals surface area contributed by atoms with Gasteiger partial charge in [0.15, 0.2) is 0 Å². The molecule has 13 aromatic rings. The highest BCUT2D eigenvalue weighted by molar-refractivity contribution is 7.33. The van der Waals surface area contributed by atoms with Crippen LogP contribution in [0.3, 0.4) is 0 Å². The van der Waals surface area contributed by atoms with E-state index in [4.69, 9.17) is 4.74 Å². The van der Waals surface area contributed by atoms with Gasteiger partial charge in [-0.25, -0.2) is 0 Å². The third-order valence-electron chi connectivity index (χ3n) is 23.1. The van der Waals surface area contributed by atoms with E-state index >= 15 is 0 Å². The predicted molar refractivity (Wildman–Crippen MR) is 422 cm³/mol. The van der Waals surface area contributed by atoms with Gasteiger partial charge in [-0.3, -0.25) is 0 Å². The molecule has 0 unspecified atom stereocenters. The van der Waals surface area contributed by atoms with Crippen LogP contribution in [-0.2, 0) is 21.7 Å². The fourth-order valence-corrected chi connectivity index (χ4v) is 19.2. The number of rotatable bonds is 9. The number of anilines is 15. The molecule has 9 heteroatoms. The van der Waals surface area contributed by atoms with E-state index in [0.717, 1.165) is 105 Å². The van der Waals surface area contributed by atoms with Gasteiger partial charge in [-0.05, 0) is 212 Å². The topological polar surface area (TPSA) is 25.4 Å². The molecule has 4 aliphatic heterocycles. The molecule has 1 aromatic heterocycles. The summed E-state index contributed by atoms with van der Waals surface area (Å²) in [5.74, 6) is 1.70. The first-order chi connectivity index (χ1) is 48.1. The molecule has 6 nitrogen and oxygen atoms in total. The fraction of sp³-hybridized carbons (Fsp3) is 0.178. The van der Waals surface area contributed by atoms with E-state index in [0.29, 0.717) is 0 Å². The minimum atomic E-state index is -0.191. The number of hydrogen-bond donors (Lipinski definition) is 0. The van der Waals surface area contributed by atoms with Crippen LogP contribution in [0, 0.1) is 0 Å². The van der Waals surface area contributed by atoms with Crippen molar-refractivity contribution in [1.82, 2.24) is 0 Å². The Hall–Kier alpha value is -10.5. The monoisotopic (exact) mass is 1300 g/mol. The summed E-state index contributed by atoms with van der Waals surface area (Å²) >= 11 is 1.96. The highest BCUT2D eigenvalue weighted by Crippen LogP contribution is 2.56. The zero-order valence-corrected chi connectivity index (χ0v) is 58.3.